The summed E-state index contributed by atoms with van der Waals surface area (Å²) in [5.74, 6) is -0.945. The highest BCUT2D eigenvalue weighted by Crippen LogP contribution is 2.41. The first kappa shape index (κ1) is 19.7. The maximum atomic E-state index is 12.5. The second-order valence-corrected chi connectivity index (χ2v) is 7.15. The molecule has 2 aromatic rings. The fourth-order valence-electron chi connectivity index (χ4n) is 3.94. The third kappa shape index (κ3) is 3.40. The Balaban J connectivity index is 2.27. The number of nitrogens with zero attached hydrogens (tertiary/aromatic N) is 1. The van der Waals surface area contributed by atoms with E-state index < -0.39 is 11.8 Å². The largest absolute Gasteiger partial charge is 0.351 e. The third-order valence-corrected chi connectivity index (χ3v) is 5.14. The summed E-state index contributed by atoms with van der Waals surface area (Å²) in [5, 5.41) is 0. The molecule has 1 aliphatic rings. The zero-order chi connectivity index (χ0) is 20.4. The molecule has 144 valence electrons. The fraction of sp³-hybridized carbons (Fsp3) is 0.304. The zero-order valence-corrected chi connectivity index (χ0v) is 16.3. The van der Waals surface area contributed by atoms with E-state index in [4.69, 9.17) is 0 Å². The minimum atomic E-state index is -0.832. The monoisotopic (exact) mass is 377 g/mol. The smallest absolute Gasteiger partial charge is 0.222 e. The molecule has 1 unspecified atom stereocenters. The average molecular weight is 377 g/mol. The zero-order valence-electron chi connectivity index (χ0n) is 16.3. The van der Waals surface area contributed by atoms with E-state index in [2.05, 4.69) is 0 Å². The third-order valence-electron chi connectivity index (χ3n) is 5.14. The molecule has 0 saturated carbocycles. The van der Waals surface area contributed by atoms with Crippen LogP contribution in [0.2, 0.25) is 0 Å². The lowest BCUT2D eigenvalue weighted by Crippen LogP contribution is -2.31. The van der Waals surface area contributed by atoms with Crippen LogP contribution in [0.3, 0.4) is 0 Å². The molecular weight excluding hydrogens is 354 g/mol. The summed E-state index contributed by atoms with van der Waals surface area (Å²) in [6.45, 7) is 5.30. The van der Waals surface area contributed by atoms with Crippen LogP contribution in [0.1, 0.15) is 70.6 Å². The Labute approximate surface area is 164 Å². The summed E-state index contributed by atoms with van der Waals surface area (Å²) in [6, 6.07) is 10.2. The van der Waals surface area contributed by atoms with Crippen LogP contribution in [-0.2, 0) is 22.6 Å². The molecule has 1 atom stereocenters. The van der Waals surface area contributed by atoms with Gasteiger partial charge in [0.25, 0.3) is 0 Å². The van der Waals surface area contributed by atoms with Crippen molar-refractivity contribution in [2.45, 2.75) is 46.2 Å². The molecule has 1 heterocycles. The summed E-state index contributed by atoms with van der Waals surface area (Å²) < 4.78 is 0. The van der Waals surface area contributed by atoms with E-state index in [9.17, 15) is 19.2 Å². The number of Topliss-reactive ketones (excluding diaryl/α,β-unsaturated/α-hetero) is 3. The van der Waals surface area contributed by atoms with Gasteiger partial charge in [-0.2, -0.15) is 0 Å². The Hall–Kier alpha value is -3.08. The number of carbonyl (C=O) groups is 4. The Morgan fingerprint density at radius 3 is 2.21 bits per heavy atom. The van der Waals surface area contributed by atoms with Gasteiger partial charge in [-0.1, -0.05) is 37.6 Å². The number of aryl methyl sites for hydroxylation is 1. The number of carbonyl (C=O) groups excluding carboxylic acids is 4. The molecular formula is C23H23NO4. The van der Waals surface area contributed by atoms with Gasteiger partial charge in [-0.15, -0.1) is 0 Å². The van der Waals surface area contributed by atoms with E-state index in [1.54, 1.807) is 17.0 Å². The van der Waals surface area contributed by atoms with Gasteiger partial charge in [0.1, 0.15) is 6.04 Å². The van der Waals surface area contributed by atoms with Gasteiger partial charge in [-0.05, 0) is 49.1 Å². The summed E-state index contributed by atoms with van der Waals surface area (Å²) in [5.41, 5.74) is 3.82. The second-order valence-electron chi connectivity index (χ2n) is 7.15. The first-order chi connectivity index (χ1) is 13.4. The molecule has 0 amide bonds. The Morgan fingerprint density at radius 2 is 1.68 bits per heavy atom. The van der Waals surface area contributed by atoms with Crippen molar-refractivity contribution in [3.8, 4) is 0 Å². The molecule has 1 aliphatic heterocycles. The van der Waals surface area contributed by atoms with Crippen LogP contribution in [0, 0.1) is 0 Å². The van der Waals surface area contributed by atoms with Crippen molar-refractivity contribution >= 4 is 29.3 Å². The van der Waals surface area contributed by atoms with Crippen LogP contribution in [-0.4, -0.2) is 23.6 Å². The summed E-state index contributed by atoms with van der Waals surface area (Å²) in [4.78, 5) is 50.5. The fourth-order valence-corrected chi connectivity index (χ4v) is 3.94. The lowest BCUT2D eigenvalue weighted by molar-refractivity contribution is -0.130. The van der Waals surface area contributed by atoms with Crippen molar-refractivity contribution in [3.05, 3.63) is 64.2 Å². The van der Waals surface area contributed by atoms with Gasteiger partial charge in [0.15, 0.2) is 17.9 Å². The van der Waals surface area contributed by atoms with E-state index >= 15 is 0 Å². The van der Waals surface area contributed by atoms with Crippen molar-refractivity contribution in [1.82, 2.24) is 0 Å². The van der Waals surface area contributed by atoms with E-state index in [0.29, 0.717) is 29.6 Å². The van der Waals surface area contributed by atoms with E-state index in [-0.39, 0.29) is 11.6 Å². The maximum Gasteiger partial charge on any atom is 0.222 e. The molecule has 0 saturated heterocycles. The Morgan fingerprint density at radius 1 is 1.07 bits per heavy atom. The van der Waals surface area contributed by atoms with Crippen LogP contribution < -0.4 is 4.90 Å². The Bertz CT molecular complexity index is 941. The van der Waals surface area contributed by atoms with E-state index in [0.717, 1.165) is 29.5 Å². The number of fused-ring (bicyclic) bond motifs is 1. The lowest BCUT2D eigenvalue weighted by Gasteiger charge is -2.29. The van der Waals surface area contributed by atoms with Crippen molar-refractivity contribution in [2.24, 2.45) is 0 Å². The van der Waals surface area contributed by atoms with E-state index in [1.165, 1.54) is 13.8 Å². The number of benzene rings is 2. The number of ketones is 3. The van der Waals surface area contributed by atoms with Gasteiger partial charge >= 0.3 is 0 Å². The molecule has 0 N–H and O–H groups in total. The molecule has 2 aromatic carbocycles. The molecule has 3 rings (SSSR count). The Kier molecular flexibility index (Phi) is 5.54. The minimum Gasteiger partial charge on any atom is -0.351 e. The molecule has 0 aliphatic carbocycles. The standard InChI is InChI=1S/C23H23NO4/c1-4-7-16-10-19(14(2)26)22(20(11-16)15(3)27)24-12-17-8-5-6-9-18(17)23(24)21(28)13-25/h5-6,8-11,13,23H,4,7,12H2,1-3H3. The minimum absolute atomic E-state index is 0.177. The van der Waals surface area contributed by atoms with Crippen molar-refractivity contribution in [3.63, 3.8) is 0 Å². The first-order valence-electron chi connectivity index (χ1n) is 9.41. The lowest BCUT2D eigenvalue weighted by atomic mass is 9.94. The van der Waals surface area contributed by atoms with Gasteiger partial charge in [0, 0.05) is 17.7 Å². The van der Waals surface area contributed by atoms with Gasteiger partial charge in [0.05, 0.1) is 5.69 Å². The average Bonchev–Trinajstić information content (AvgIpc) is 3.06. The molecule has 28 heavy (non-hydrogen) atoms. The maximum absolute atomic E-state index is 12.5. The number of rotatable bonds is 7. The van der Waals surface area contributed by atoms with Crippen molar-refractivity contribution in [2.75, 3.05) is 4.90 Å². The predicted octanol–water partition coefficient (Wildman–Crippen LogP) is 3.87. The van der Waals surface area contributed by atoms with Crippen molar-refractivity contribution in [1.29, 1.82) is 0 Å². The predicted molar refractivity (Wildman–Crippen MR) is 107 cm³/mol. The second kappa shape index (κ2) is 7.89. The molecule has 0 spiro atoms. The van der Waals surface area contributed by atoms with Crippen LogP contribution in [0.5, 0.6) is 0 Å². The summed E-state index contributed by atoms with van der Waals surface area (Å²) in [7, 11) is 0. The van der Waals surface area contributed by atoms with Gasteiger partial charge < -0.3 is 4.90 Å². The highest BCUT2D eigenvalue weighted by molar-refractivity contribution is 6.29. The highest BCUT2D eigenvalue weighted by Gasteiger charge is 2.38. The molecule has 5 nitrogen and oxygen atoms in total. The van der Waals surface area contributed by atoms with Crippen molar-refractivity contribution < 1.29 is 19.2 Å². The number of anilines is 1. The molecule has 0 bridgehead atoms. The van der Waals surface area contributed by atoms with Crippen LogP contribution in [0.25, 0.3) is 0 Å². The first-order valence-corrected chi connectivity index (χ1v) is 9.41. The number of hydrogen-bond acceptors (Lipinski definition) is 5. The molecule has 0 radical (unpaired) electrons. The SMILES string of the molecule is CCCc1cc(C(C)=O)c(N2Cc3ccccc3C2C(=O)C=O)c(C(C)=O)c1. The topological polar surface area (TPSA) is 71.5 Å². The number of hydrogen-bond donors (Lipinski definition) is 0. The van der Waals surface area contributed by atoms with Crippen LogP contribution in [0.15, 0.2) is 36.4 Å². The quantitative estimate of drug-likeness (QED) is 0.416. The van der Waals surface area contributed by atoms with Gasteiger partial charge in [-0.3, -0.25) is 19.2 Å². The number of aldehydes is 1. The van der Waals surface area contributed by atoms with Gasteiger partial charge in [-0.25, -0.2) is 0 Å². The summed E-state index contributed by atoms with van der Waals surface area (Å²) in [6.07, 6.45) is 1.94. The highest BCUT2D eigenvalue weighted by atomic mass is 16.2. The molecule has 5 heteroatoms. The molecule has 0 aromatic heterocycles. The van der Waals surface area contributed by atoms with Crippen LogP contribution >= 0.6 is 0 Å². The normalized spacial score (nSPS) is 15.2. The summed E-state index contributed by atoms with van der Waals surface area (Å²) >= 11 is 0. The van der Waals surface area contributed by atoms with Crippen LogP contribution in [0.4, 0.5) is 5.69 Å². The molecule has 0 fully saturated rings. The van der Waals surface area contributed by atoms with E-state index in [1.807, 2.05) is 31.2 Å². The van der Waals surface area contributed by atoms with Gasteiger partial charge in [0.2, 0.25) is 5.78 Å².